The molecule has 1 aromatic rings. The molecule has 0 spiro atoms. The Labute approximate surface area is 110 Å². The predicted octanol–water partition coefficient (Wildman–Crippen LogP) is 2.68. The van der Waals surface area contributed by atoms with Gasteiger partial charge in [-0.1, -0.05) is 13.0 Å². The largest absolute Gasteiger partial charge is 0.481 e. The third-order valence-electron chi connectivity index (χ3n) is 3.92. The number of rotatable bonds is 3. The zero-order valence-electron chi connectivity index (χ0n) is 10.9. The zero-order valence-corrected chi connectivity index (χ0v) is 10.9. The Morgan fingerprint density at radius 2 is 1.95 bits per heavy atom. The molecule has 1 fully saturated rings. The minimum atomic E-state index is -0.851. The number of aliphatic carboxylic acids is 1. The van der Waals surface area contributed by atoms with Crippen molar-refractivity contribution in [2.24, 2.45) is 11.8 Å². The molecule has 1 saturated heterocycles. The molecule has 0 aromatic heterocycles. The van der Waals surface area contributed by atoms with E-state index in [0.29, 0.717) is 13.1 Å². The molecule has 3 atom stereocenters. The van der Waals surface area contributed by atoms with Crippen LogP contribution in [0, 0.1) is 23.5 Å². The lowest BCUT2D eigenvalue weighted by atomic mass is 9.99. The van der Waals surface area contributed by atoms with E-state index in [2.05, 4.69) is 0 Å². The van der Waals surface area contributed by atoms with Crippen molar-refractivity contribution >= 4 is 5.97 Å². The topological polar surface area (TPSA) is 40.5 Å². The van der Waals surface area contributed by atoms with Gasteiger partial charge < -0.3 is 5.11 Å². The maximum atomic E-state index is 13.7. The minimum Gasteiger partial charge on any atom is -0.481 e. The summed E-state index contributed by atoms with van der Waals surface area (Å²) < 4.78 is 27.4. The fourth-order valence-electron chi connectivity index (χ4n) is 2.73. The highest BCUT2D eigenvalue weighted by atomic mass is 19.1. The van der Waals surface area contributed by atoms with Crippen molar-refractivity contribution < 1.29 is 18.7 Å². The number of hydrogen-bond acceptors (Lipinski definition) is 2. The summed E-state index contributed by atoms with van der Waals surface area (Å²) >= 11 is 0. The Hall–Kier alpha value is -1.49. The van der Waals surface area contributed by atoms with Gasteiger partial charge in [0.25, 0.3) is 0 Å². The van der Waals surface area contributed by atoms with Crippen molar-refractivity contribution in [3.05, 3.63) is 35.4 Å². The molecular weight excluding hydrogens is 252 g/mol. The normalized spacial score (nSPS) is 25.5. The first kappa shape index (κ1) is 13.9. The average Bonchev–Trinajstić information content (AvgIpc) is 2.71. The summed E-state index contributed by atoms with van der Waals surface area (Å²) in [6.07, 6.45) is 0. The maximum absolute atomic E-state index is 13.7. The van der Waals surface area contributed by atoms with Crippen LogP contribution in [0.2, 0.25) is 0 Å². The molecular formula is C14H17F2NO2. The maximum Gasteiger partial charge on any atom is 0.308 e. The number of nitrogens with zero attached hydrogens (tertiary/aromatic N) is 1. The van der Waals surface area contributed by atoms with Gasteiger partial charge in [0, 0.05) is 24.7 Å². The predicted molar refractivity (Wildman–Crippen MR) is 66.6 cm³/mol. The van der Waals surface area contributed by atoms with Crippen molar-refractivity contribution in [2.75, 3.05) is 13.1 Å². The Morgan fingerprint density at radius 1 is 1.37 bits per heavy atom. The van der Waals surface area contributed by atoms with Crippen LogP contribution in [-0.4, -0.2) is 29.1 Å². The third kappa shape index (κ3) is 2.61. The molecule has 19 heavy (non-hydrogen) atoms. The lowest BCUT2D eigenvalue weighted by molar-refractivity contribution is -0.142. The van der Waals surface area contributed by atoms with Crippen molar-refractivity contribution in [1.82, 2.24) is 4.90 Å². The second-order valence-electron chi connectivity index (χ2n) is 5.19. The van der Waals surface area contributed by atoms with Crippen molar-refractivity contribution in [2.45, 2.75) is 19.9 Å². The lowest BCUT2D eigenvalue weighted by Crippen LogP contribution is -2.27. The van der Waals surface area contributed by atoms with E-state index in [1.54, 1.807) is 6.92 Å². The monoisotopic (exact) mass is 269 g/mol. The lowest BCUT2D eigenvalue weighted by Gasteiger charge is -2.25. The second-order valence-corrected chi connectivity index (χ2v) is 5.19. The van der Waals surface area contributed by atoms with Crippen molar-refractivity contribution in [3.63, 3.8) is 0 Å². The molecule has 1 N–H and O–H groups in total. The standard InChI is InChI=1S/C14H17F2NO2/c1-8-6-17(7-10(8)14(18)19)9(2)13-11(15)4-3-5-12(13)16/h3-5,8-10H,6-7H2,1-2H3,(H,18,19)/t8-,9?,10-/m1/s1. The molecule has 1 aliphatic heterocycles. The molecule has 1 aliphatic rings. The van der Waals surface area contributed by atoms with Crippen LogP contribution >= 0.6 is 0 Å². The van der Waals surface area contributed by atoms with Gasteiger partial charge in [0.05, 0.1) is 5.92 Å². The van der Waals surface area contributed by atoms with E-state index < -0.39 is 29.6 Å². The van der Waals surface area contributed by atoms with Gasteiger partial charge in [0.2, 0.25) is 0 Å². The van der Waals surface area contributed by atoms with Gasteiger partial charge in [0.15, 0.2) is 0 Å². The van der Waals surface area contributed by atoms with E-state index >= 15 is 0 Å². The van der Waals surface area contributed by atoms with Crippen LogP contribution in [0.4, 0.5) is 8.78 Å². The molecule has 104 valence electrons. The summed E-state index contributed by atoms with van der Waals surface area (Å²) in [7, 11) is 0. The first-order chi connectivity index (χ1) is 8.91. The molecule has 0 bridgehead atoms. The molecule has 0 aliphatic carbocycles. The number of benzene rings is 1. The summed E-state index contributed by atoms with van der Waals surface area (Å²) in [4.78, 5) is 12.9. The molecule has 1 aromatic carbocycles. The van der Waals surface area contributed by atoms with E-state index in [-0.39, 0.29) is 11.5 Å². The van der Waals surface area contributed by atoms with Gasteiger partial charge in [-0.05, 0) is 25.0 Å². The summed E-state index contributed by atoms with van der Waals surface area (Å²) in [6, 6.07) is 3.31. The number of halogens is 2. The summed E-state index contributed by atoms with van der Waals surface area (Å²) in [5.74, 6) is -2.51. The van der Waals surface area contributed by atoms with Gasteiger partial charge in [-0.15, -0.1) is 0 Å². The van der Waals surface area contributed by atoms with Crippen LogP contribution < -0.4 is 0 Å². The number of carboxylic acid groups (broad SMARTS) is 1. The average molecular weight is 269 g/mol. The van der Waals surface area contributed by atoms with E-state index in [4.69, 9.17) is 5.11 Å². The van der Waals surface area contributed by atoms with Gasteiger partial charge in [-0.3, -0.25) is 9.69 Å². The SMILES string of the molecule is CC(c1c(F)cccc1F)N1C[C@@H](C)[C@H](C(=O)O)C1. The molecule has 1 unspecified atom stereocenters. The molecule has 3 nitrogen and oxygen atoms in total. The molecule has 0 amide bonds. The first-order valence-corrected chi connectivity index (χ1v) is 6.32. The molecule has 5 heteroatoms. The molecule has 0 saturated carbocycles. The Bertz CT molecular complexity index is 472. The molecule has 2 rings (SSSR count). The van der Waals surface area contributed by atoms with Crippen molar-refractivity contribution in [3.8, 4) is 0 Å². The fourth-order valence-corrected chi connectivity index (χ4v) is 2.73. The van der Waals surface area contributed by atoms with E-state index in [0.717, 1.165) is 0 Å². The quantitative estimate of drug-likeness (QED) is 0.917. The number of hydrogen-bond donors (Lipinski definition) is 1. The summed E-state index contributed by atoms with van der Waals surface area (Å²) in [5.41, 5.74) is 0.0146. The highest BCUT2D eigenvalue weighted by Crippen LogP contribution is 2.33. The van der Waals surface area contributed by atoms with Crippen LogP contribution in [0.1, 0.15) is 25.5 Å². The van der Waals surface area contributed by atoms with Crippen LogP contribution in [-0.2, 0) is 4.79 Å². The number of carbonyl (C=O) groups is 1. The molecule has 1 heterocycles. The third-order valence-corrected chi connectivity index (χ3v) is 3.92. The van der Waals surface area contributed by atoms with Gasteiger partial charge in [-0.2, -0.15) is 0 Å². The van der Waals surface area contributed by atoms with E-state index in [9.17, 15) is 13.6 Å². The smallest absolute Gasteiger partial charge is 0.308 e. The molecule has 0 radical (unpaired) electrons. The fraction of sp³-hybridized carbons (Fsp3) is 0.500. The van der Waals surface area contributed by atoms with Gasteiger partial charge in [-0.25, -0.2) is 8.78 Å². The van der Waals surface area contributed by atoms with E-state index in [1.165, 1.54) is 18.2 Å². The minimum absolute atomic E-state index is 0.0146. The van der Waals surface area contributed by atoms with Crippen LogP contribution in [0.15, 0.2) is 18.2 Å². The van der Waals surface area contributed by atoms with Crippen LogP contribution in [0.3, 0.4) is 0 Å². The summed E-state index contributed by atoms with van der Waals surface area (Å²) in [5, 5.41) is 9.09. The highest BCUT2D eigenvalue weighted by Gasteiger charge is 2.37. The van der Waals surface area contributed by atoms with Gasteiger partial charge in [0.1, 0.15) is 11.6 Å². The zero-order chi connectivity index (χ0) is 14.2. The first-order valence-electron chi connectivity index (χ1n) is 6.32. The van der Waals surface area contributed by atoms with Crippen molar-refractivity contribution in [1.29, 1.82) is 0 Å². The Kier molecular flexibility index (Phi) is 3.85. The van der Waals surface area contributed by atoms with Crippen LogP contribution in [0.5, 0.6) is 0 Å². The van der Waals surface area contributed by atoms with E-state index in [1.807, 2.05) is 11.8 Å². The number of carboxylic acids is 1. The summed E-state index contributed by atoms with van der Waals surface area (Å²) in [6.45, 7) is 4.42. The second kappa shape index (κ2) is 5.25. The Balaban J connectivity index is 2.22. The van der Waals surface area contributed by atoms with Crippen LogP contribution in [0.25, 0.3) is 0 Å². The Morgan fingerprint density at radius 3 is 2.42 bits per heavy atom. The highest BCUT2D eigenvalue weighted by molar-refractivity contribution is 5.71. The van der Waals surface area contributed by atoms with Gasteiger partial charge >= 0.3 is 5.97 Å². The number of likely N-dealkylation sites (tertiary alicyclic amines) is 1.